The smallest absolute Gasteiger partial charge is 0.224 e. The normalized spacial score (nSPS) is 16.0. The first kappa shape index (κ1) is 17.2. The van der Waals surface area contributed by atoms with Gasteiger partial charge in [-0.1, -0.05) is 18.2 Å². The number of amides is 1. The number of nitrogens with zero attached hydrogens (tertiary/aromatic N) is 2. The average Bonchev–Trinajstić information content (AvgIpc) is 2.61. The standard InChI is InChI=1S/C19H21N3O2S/c1-21(2)18(23)12-17-15-6-4-5-7-16(15)20-19(25)22(17)13-8-10-14(24-3)11-9-13/h4-11,17H,12H2,1-3H3,(H,20,25). The minimum atomic E-state index is -0.159. The predicted octanol–water partition coefficient (Wildman–Crippen LogP) is 3.43. The van der Waals surface area contributed by atoms with Gasteiger partial charge in [0.15, 0.2) is 5.11 Å². The van der Waals surface area contributed by atoms with E-state index in [1.54, 1.807) is 26.1 Å². The van der Waals surface area contributed by atoms with Gasteiger partial charge in [0.05, 0.1) is 19.6 Å². The summed E-state index contributed by atoms with van der Waals surface area (Å²) in [6.07, 6.45) is 0.345. The first-order valence-corrected chi connectivity index (χ1v) is 8.45. The summed E-state index contributed by atoms with van der Waals surface area (Å²) in [5, 5.41) is 3.85. The van der Waals surface area contributed by atoms with Crippen LogP contribution in [0.4, 0.5) is 11.4 Å². The van der Waals surface area contributed by atoms with Gasteiger partial charge in [-0.15, -0.1) is 0 Å². The molecule has 0 saturated heterocycles. The van der Waals surface area contributed by atoms with E-state index in [4.69, 9.17) is 17.0 Å². The summed E-state index contributed by atoms with van der Waals surface area (Å²) in [7, 11) is 5.17. The Hall–Kier alpha value is -2.60. The van der Waals surface area contributed by atoms with Crippen molar-refractivity contribution in [2.45, 2.75) is 12.5 Å². The maximum absolute atomic E-state index is 12.4. The highest BCUT2D eigenvalue weighted by molar-refractivity contribution is 7.80. The third-order valence-electron chi connectivity index (χ3n) is 4.31. The number of benzene rings is 2. The average molecular weight is 355 g/mol. The van der Waals surface area contributed by atoms with Crippen LogP contribution in [0.1, 0.15) is 18.0 Å². The fourth-order valence-electron chi connectivity index (χ4n) is 2.95. The van der Waals surface area contributed by atoms with Crippen LogP contribution in [0.3, 0.4) is 0 Å². The van der Waals surface area contributed by atoms with Gasteiger partial charge in [0, 0.05) is 25.5 Å². The number of carbonyl (C=O) groups excluding carboxylic acids is 1. The topological polar surface area (TPSA) is 44.8 Å². The fraction of sp³-hybridized carbons (Fsp3) is 0.263. The quantitative estimate of drug-likeness (QED) is 0.852. The minimum absolute atomic E-state index is 0.0583. The first-order valence-electron chi connectivity index (χ1n) is 8.04. The van der Waals surface area contributed by atoms with Crippen LogP contribution in [0, 0.1) is 0 Å². The van der Waals surface area contributed by atoms with Crippen molar-refractivity contribution in [3.05, 3.63) is 54.1 Å². The van der Waals surface area contributed by atoms with Crippen LogP contribution in [0.25, 0.3) is 0 Å². The Morgan fingerprint density at radius 2 is 1.88 bits per heavy atom. The maximum Gasteiger partial charge on any atom is 0.224 e. The van der Waals surface area contributed by atoms with E-state index in [1.807, 2.05) is 53.4 Å². The van der Waals surface area contributed by atoms with E-state index in [-0.39, 0.29) is 11.9 Å². The molecular formula is C19H21N3O2S. The Morgan fingerprint density at radius 3 is 2.52 bits per heavy atom. The van der Waals surface area contributed by atoms with Gasteiger partial charge in [-0.2, -0.15) is 0 Å². The second kappa shape index (κ2) is 7.11. The molecule has 2 aromatic rings. The van der Waals surface area contributed by atoms with Crippen molar-refractivity contribution in [3.63, 3.8) is 0 Å². The molecule has 0 radical (unpaired) electrons. The molecule has 1 N–H and O–H groups in total. The largest absolute Gasteiger partial charge is 0.497 e. The summed E-state index contributed by atoms with van der Waals surface area (Å²) >= 11 is 5.60. The number of ether oxygens (including phenoxy) is 1. The summed E-state index contributed by atoms with van der Waals surface area (Å²) in [5.74, 6) is 0.837. The Balaban J connectivity index is 2.03. The molecular weight excluding hydrogens is 334 g/mol. The van der Waals surface area contributed by atoms with E-state index in [1.165, 1.54) is 0 Å². The molecule has 1 unspecified atom stereocenters. The van der Waals surface area contributed by atoms with Crippen molar-refractivity contribution >= 4 is 34.6 Å². The van der Waals surface area contributed by atoms with Crippen LogP contribution in [0.15, 0.2) is 48.5 Å². The Labute approximate surface area is 153 Å². The van der Waals surface area contributed by atoms with Crippen LogP contribution >= 0.6 is 12.2 Å². The van der Waals surface area contributed by atoms with Crippen LogP contribution in [0.2, 0.25) is 0 Å². The Kier molecular flexibility index (Phi) is 4.90. The zero-order chi connectivity index (χ0) is 18.0. The van der Waals surface area contributed by atoms with E-state index in [0.29, 0.717) is 11.5 Å². The van der Waals surface area contributed by atoms with Crippen molar-refractivity contribution in [1.29, 1.82) is 0 Å². The van der Waals surface area contributed by atoms with Gasteiger partial charge >= 0.3 is 0 Å². The van der Waals surface area contributed by atoms with Gasteiger partial charge in [0.25, 0.3) is 0 Å². The lowest BCUT2D eigenvalue weighted by molar-refractivity contribution is -0.129. The van der Waals surface area contributed by atoms with Gasteiger partial charge in [0.1, 0.15) is 5.75 Å². The molecule has 3 rings (SSSR count). The highest BCUT2D eigenvalue weighted by atomic mass is 32.1. The van der Waals surface area contributed by atoms with E-state index < -0.39 is 0 Å². The lowest BCUT2D eigenvalue weighted by atomic mass is 9.97. The molecule has 1 aliphatic rings. The molecule has 0 saturated carbocycles. The number of carbonyl (C=O) groups is 1. The second-order valence-corrected chi connectivity index (χ2v) is 6.48. The molecule has 1 aliphatic heterocycles. The number of fused-ring (bicyclic) bond motifs is 1. The van der Waals surface area contributed by atoms with E-state index in [0.717, 1.165) is 22.7 Å². The summed E-state index contributed by atoms with van der Waals surface area (Å²) in [6, 6.07) is 15.5. The molecule has 0 bridgehead atoms. The number of anilines is 2. The van der Waals surface area contributed by atoms with Gasteiger partial charge in [-0.05, 0) is 48.1 Å². The lowest BCUT2D eigenvalue weighted by Gasteiger charge is -2.39. The maximum atomic E-state index is 12.4. The second-order valence-electron chi connectivity index (χ2n) is 6.09. The molecule has 5 nitrogen and oxygen atoms in total. The molecule has 6 heteroatoms. The van der Waals surface area contributed by atoms with E-state index in [2.05, 4.69) is 5.32 Å². The summed E-state index contributed by atoms with van der Waals surface area (Å²) in [6.45, 7) is 0. The molecule has 0 fully saturated rings. The molecule has 0 spiro atoms. The monoisotopic (exact) mass is 355 g/mol. The summed E-state index contributed by atoms with van der Waals surface area (Å²) < 4.78 is 5.23. The van der Waals surface area contributed by atoms with Gasteiger partial charge in [-0.25, -0.2) is 0 Å². The molecule has 1 heterocycles. The lowest BCUT2D eigenvalue weighted by Crippen LogP contribution is -2.44. The molecule has 1 amide bonds. The molecule has 0 aromatic heterocycles. The SMILES string of the molecule is COc1ccc(N2C(=S)Nc3ccccc3C2CC(=O)N(C)C)cc1. The Bertz CT molecular complexity index is 790. The Morgan fingerprint density at radius 1 is 1.20 bits per heavy atom. The number of nitrogens with one attached hydrogen (secondary N) is 1. The van der Waals surface area contributed by atoms with Crippen LogP contribution in [0.5, 0.6) is 5.75 Å². The highest BCUT2D eigenvalue weighted by Crippen LogP contribution is 2.38. The van der Waals surface area contributed by atoms with Crippen LogP contribution < -0.4 is 15.0 Å². The number of hydrogen-bond acceptors (Lipinski definition) is 3. The van der Waals surface area contributed by atoms with Crippen molar-refractivity contribution < 1.29 is 9.53 Å². The fourth-order valence-corrected chi connectivity index (χ4v) is 3.29. The van der Waals surface area contributed by atoms with Gasteiger partial charge in [-0.3, -0.25) is 4.79 Å². The van der Waals surface area contributed by atoms with Gasteiger partial charge < -0.3 is 19.9 Å². The molecule has 2 aromatic carbocycles. The molecule has 1 atom stereocenters. The molecule has 0 aliphatic carbocycles. The zero-order valence-electron chi connectivity index (χ0n) is 14.5. The molecule has 25 heavy (non-hydrogen) atoms. The van der Waals surface area contributed by atoms with Crippen molar-refractivity contribution in [2.24, 2.45) is 0 Å². The van der Waals surface area contributed by atoms with Crippen LogP contribution in [-0.2, 0) is 4.79 Å². The van der Waals surface area contributed by atoms with Crippen molar-refractivity contribution in [2.75, 3.05) is 31.4 Å². The van der Waals surface area contributed by atoms with E-state index in [9.17, 15) is 4.79 Å². The predicted molar refractivity (Wildman–Crippen MR) is 104 cm³/mol. The van der Waals surface area contributed by atoms with E-state index >= 15 is 0 Å². The number of rotatable bonds is 4. The summed E-state index contributed by atoms with van der Waals surface area (Å²) in [5.41, 5.74) is 2.93. The van der Waals surface area contributed by atoms with Crippen LogP contribution in [-0.4, -0.2) is 37.1 Å². The number of para-hydroxylation sites is 1. The number of methoxy groups -OCH3 is 1. The zero-order valence-corrected chi connectivity index (χ0v) is 15.3. The third-order valence-corrected chi connectivity index (χ3v) is 4.61. The number of hydrogen-bond donors (Lipinski definition) is 1. The highest BCUT2D eigenvalue weighted by Gasteiger charge is 2.33. The summed E-state index contributed by atoms with van der Waals surface area (Å²) in [4.78, 5) is 16.0. The van der Waals surface area contributed by atoms with Gasteiger partial charge in [0.2, 0.25) is 5.91 Å². The molecule has 130 valence electrons. The van der Waals surface area contributed by atoms with Crippen molar-refractivity contribution in [3.8, 4) is 5.75 Å². The number of thiocarbonyl (C=S) groups is 1. The third kappa shape index (κ3) is 3.44. The first-order chi connectivity index (χ1) is 12.0. The minimum Gasteiger partial charge on any atom is -0.497 e. The van der Waals surface area contributed by atoms with Crippen molar-refractivity contribution in [1.82, 2.24) is 4.90 Å².